The van der Waals surface area contributed by atoms with Crippen molar-refractivity contribution in [3.05, 3.63) is 12.5 Å². The van der Waals surface area contributed by atoms with Crippen LogP contribution in [0.15, 0.2) is 12.5 Å². The average molecular weight is 340 g/mol. The monoisotopic (exact) mass is 339 g/mol. The van der Waals surface area contributed by atoms with Crippen LogP contribution in [0, 0.1) is 0 Å². The lowest BCUT2D eigenvalue weighted by Gasteiger charge is -2.43. The van der Waals surface area contributed by atoms with Gasteiger partial charge in [0, 0.05) is 25.5 Å². The summed E-state index contributed by atoms with van der Waals surface area (Å²) < 4.78 is 7.81. The molecule has 3 heterocycles. The van der Waals surface area contributed by atoms with Crippen molar-refractivity contribution >= 4 is 32.8 Å². The van der Waals surface area contributed by atoms with E-state index in [-0.39, 0.29) is 11.7 Å². The molecule has 1 aliphatic rings. The van der Waals surface area contributed by atoms with E-state index in [4.69, 9.17) is 4.74 Å². The lowest BCUT2D eigenvalue weighted by molar-refractivity contribution is -0.0725. The van der Waals surface area contributed by atoms with Gasteiger partial charge in [-0.1, -0.05) is 15.9 Å². The van der Waals surface area contributed by atoms with E-state index in [0.29, 0.717) is 0 Å². The number of ether oxygens (including phenoxy) is 1. The topological polar surface area (TPSA) is 56.1 Å². The van der Waals surface area contributed by atoms with E-state index in [1.807, 2.05) is 13.2 Å². The molecule has 2 aromatic rings. The summed E-state index contributed by atoms with van der Waals surface area (Å²) in [6.07, 6.45) is 3.58. The molecule has 6 nitrogen and oxygen atoms in total. The van der Waals surface area contributed by atoms with Crippen LogP contribution in [0.5, 0.6) is 0 Å². The van der Waals surface area contributed by atoms with Crippen molar-refractivity contribution in [1.29, 1.82) is 0 Å². The van der Waals surface area contributed by atoms with E-state index < -0.39 is 0 Å². The number of rotatable bonds is 2. The summed E-state index contributed by atoms with van der Waals surface area (Å²) in [5.74, 6) is 0.936. The zero-order valence-corrected chi connectivity index (χ0v) is 13.5. The van der Waals surface area contributed by atoms with E-state index in [9.17, 15) is 0 Å². The van der Waals surface area contributed by atoms with Gasteiger partial charge in [-0.05, 0) is 13.8 Å². The van der Waals surface area contributed by atoms with E-state index in [2.05, 4.69) is 49.7 Å². The number of halogens is 1. The summed E-state index contributed by atoms with van der Waals surface area (Å²) in [5.41, 5.74) is 0.658. The van der Waals surface area contributed by atoms with Crippen LogP contribution in [0.2, 0.25) is 0 Å². The molecule has 1 unspecified atom stereocenters. The molecule has 7 heteroatoms. The molecule has 0 radical (unpaired) electrons. The summed E-state index contributed by atoms with van der Waals surface area (Å²) in [5, 5.41) is 6.07. The molecule has 1 aliphatic heterocycles. The molecule has 0 amide bonds. The van der Waals surface area contributed by atoms with Crippen molar-refractivity contribution < 1.29 is 4.74 Å². The first-order chi connectivity index (χ1) is 9.50. The largest absolute Gasteiger partial charge is 0.368 e. The maximum Gasteiger partial charge on any atom is 0.163 e. The minimum Gasteiger partial charge on any atom is -0.368 e. The molecule has 108 valence electrons. The number of fused-ring (bicyclic) bond motifs is 1. The Morgan fingerprint density at radius 3 is 3.00 bits per heavy atom. The first kappa shape index (κ1) is 13.8. The molecule has 2 aromatic heterocycles. The van der Waals surface area contributed by atoms with Crippen molar-refractivity contribution in [2.45, 2.75) is 25.6 Å². The van der Waals surface area contributed by atoms with Crippen LogP contribution in [0.1, 0.15) is 13.8 Å². The molecule has 1 fully saturated rings. The summed E-state index contributed by atoms with van der Waals surface area (Å²) in [4.78, 5) is 11.0. The van der Waals surface area contributed by atoms with Gasteiger partial charge in [0.05, 0.1) is 23.3 Å². The molecular weight excluding hydrogens is 322 g/mol. The van der Waals surface area contributed by atoms with Gasteiger partial charge in [-0.2, -0.15) is 5.10 Å². The smallest absolute Gasteiger partial charge is 0.163 e. The summed E-state index contributed by atoms with van der Waals surface area (Å²) in [6, 6.07) is 0. The molecule has 0 aliphatic carbocycles. The number of aryl methyl sites for hydroxylation is 1. The maximum absolute atomic E-state index is 6.04. The number of anilines is 1. The third-order valence-corrected chi connectivity index (χ3v) is 4.18. The molecule has 1 saturated heterocycles. The number of morpholine rings is 1. The van der Waals surface area contributed by atoms with Crippen LogP contribution in [0.25, 0.3) is 11.0 Å². The Balaban J connectivity index is 2.01. The van der Waals surface area contributed by atoms with E-state index in [1.165, 1.54) is 0 Å². The van der Waals surface area contributed by atoms with E-state index in [1.54, 1.807) is 11.0 Å². The van der Waals surface area contributed by atoms with Crippen molar-refractivity contribution in [2.75, 3.05) is 23.3 Å². The third kappa shape index (κ3) is 2.40. The highest BCUT2D eigenvalue weighted by atomic mass is 79.9. The van der Waals surface area contributed by atoms with Crippen LogP contribution in [0.3, 0.4) is 0 Å². The number of hydrogen-bond acceptors (Lipinski definition) is 5. The van der Waals surface area contributed by atoms with Gasteiger partial charge in [-0.25, -0.2) is 9.97 Å². The molecule has 0 bridgehead atoms. The fraction of sp³-hybridized carbons (Fsp3) is 0.615. The van der Waals surface area contributed by atoms with Crippen LogP contribution in [-0.4, -0.2) is 49.9 Å². The van der Waals surface area contributed by atoms with E-state index >= 15 is 0 Å². The van der Waals surface area contributed by atoms with Crippen molar-refractivity contribution in [1.82, 2.24) is 19.7 Å². The normalized spacial score (nSPS) is 22.4. The van der Waals surface area contributed by atoms with Gasteiger partial charge < -0.3 is 9.64 Å². The lowest BCUT2D eigenvalue weighted by Crippen LogP contribution is -2.53. The summed E-state index contributed by atoms with van der Waals surface area (Å²) >= 11 is 3.52. The van der Waals surface area contributed by atoms with Gasteiger partial charge in [0.15, 0.2) is 5.65 Å². The minimum atomic E-state index is -0.198. The molecule has 0 N–H and O–H groups in total. The van der Waals surface area contributed by atoms with E-state index in [0.717, 1.165) is 35.3 Å². The molecule has 0 spiro atoms. The van der Waals surface area contributed by atoms with Gasteiger partial charge in [-0.3, -0.25) is 4.68 Å². The zero-order valence-electron chi connectivity index (χ0n) is 11.9. The first-order valence-corrected chi connectivity index (χ1v) is 7.74. The molecular formula is C13H18BrN5O. The van der Waals surface area contributed by atoms with Gasteiger partial charge in [0.1, 0.15) is 12.1 Å². The number of aromatic nitrogens is 4. The lowest BCUT2D eigenvalue weighted by atomic mass is 10.1. The van der Waals surface area contributed by atoms with Crippen LogP contribution >= 0.6 is 15.9 Å². The number of nitrogens with zero attached hydrogens (tertiary/aromatic N) is 5. The minimum absolute atomic E-state index is 0.153. The Morgan fingerprint density at radius 2 is 2.25 bits per heavy atom. The van der Waals surface area contributed by atoms with Gasteiger partial charge in [0.25, 0.3) is 0 Å². The highest BCUT2D eigenvalue weighted by Gasteiger charge is 2.34. The first-order valence-electron chi connectivity index (χ1n) is 6.61. The van der Waals surface area contributed by atoms with Crippen LogP contribution in [-0.2, 0) is 11.8 Å². The molecule has 20 heavy (non-hydrogen) atoms. The fourth-order valence-corrected chi connectivity index (χ4v) is 3.08. The molecule has 0 aromatic carbocycles. The second-order valence-corrected chi connectivity index (χ2v) is 6.38. The van der Waals surface area contributed by atoms with Crippen LogP contribution in [0.4, 0.5) is 5.82 Å². The highest BCUT2D eigenvalue weighted by Crippen LogP contribution is 2.29. The predicted molar refractivity (Wildman–Crippen MR) is 81.3 cm³/mol. The zero-order chi connectivity index (χ0) is 14.3. The molecule has 1 atom stereocenters. The van der Waals surface area contributed by atoms with Crippen molar-refractivity contribution in [3.63, 3.8) is 0 Å². The second kappa shape index (κ2) is 4.96. The Labute approximate surface area is 126 Å². The van der Waals surface area contributed by atoms with Crippen molar-refractivity contribution in [2.24, 2.45) is 7.05 Å². The molecule has 0 saturated carbocycles. The quantitative estimate of drug-likeness (QED) is 0.780. The second-order valence-electron chi connectivity index (χ2n) is 5.74. The number of alkyl halides is 1. The molecule has 3 rings (SSSR count). The Kier molecular flexibility index (Phi) is 3.41. The van der Waals surface area contributed by atoms with Gasteiger partial charge in [0.2, 0.25) is 0 Å². The fourth-order valence-electron chi connectivity index (χ4n) is 2.74. The third-order valence-electron chi connectivity index (χ3n) is 3.46. The van der Waals surface area contributed by atoms with Crippen molar-refractivity contribution in [3.8, 4) is 0 Å². The predicted octanol–water partition coefficient (Wildman–Crippen LogP) is 1.74. The average Bonchev–Trinajstić information content (AvgIpc) is 2.79. The number of hydrogen-bond donors (Lipinski definition) is 0. The standard InChI is InChI=1S/C13H18BrN5O/c1-13(2)7-19(6-9(4-14)20-13)12-10-5-17-18(3)11(10)15-8-16-12/h5,8-9H,4,6-7H2,1-3H3. The van der Waals surface area contributed by atoms with Crippen LogP contribution < -0.4 is 4.90 Å². The summed E-state index contributed by atoms with van der Waals surface area (Å²) in [7, 11) is 1.89. The Bertz CT molecular complexity index is 626. The maximum atomic E-state index is 6.04. The highest BCUT2D eigenvalue weighted by molar-refractivity contribution is 9.09. The van der Waals surface area contributed by atoms with Gasteiger partial charge >= 0.3 is 0 Å². The Hall–Kier alpha value is -1.21. The SMILES string of the molecule is Cn1ncc2c(N3CC(CBr)OC(C)(C)C3)ncnc21. The van der Waals surface area contributed by atoms with Gasteiger partial charge in [-0.15, -0.1) is 0 Å². The Morgan fingerprint density at radius 1 is 1.45 bits per heavy atom. The summed E-state index contributed by atoms with van der Waals surface area (Å²) in [6.45, 7) is 5.83.